The van der Waals surface area contributed by atoms with Gasteiger partial charge in [0.2, 0.25) is 11.7 Å². The molecule has 10 heteroatoms. The summed E-state index contributed by atoms with van der Waals surface area (Å²) in [5.74, 6) is -1.24. The Morgan fingerprint density at radius 1 is 1.23 bits per heavy atom. The molecule has 31 heavy (non-hydrogen) atoms. The van der Waals surface area contributed by atoms with Crippen molar-refractivity contribution in [2.45, 2.75) is 56.7 Å². The zero-order valence-electron chi connectivity index (χ0n) is 17.2. The Morgan fingerprint density at radius 3 is 2.65 bits per heavy atom. The van der Waals surface area contributed by atoms with Gasteiger partial charge in [0.05, 0.1) is 23.8 Å². The van der Waals surface area contributed by atoms with Crippen molar-refractivity contribution in [2.75, 3.05) is 19.6 Å². The van der Waals surface area contributed by atoms with Gasteiger partial charge in [-0.25, -0.2) is 8.78 Å². The Kier molecular flexibility index (Phi) is 5.21. The number of carbonyl (C=O) groups excluding carboxylic acids is 1. The minimum atomic E-state index is -0.731. The Bertz CT molecular complexity index is 971. The number of hydrogen-bond donors (Lipinski definition) is 2. The van der Waals surface area contributed by atoms with E-state index in [1.54, 1.807) is 0 Å². The van der Waals surface area contributed by atoms with Gasteiger partial charge < -0.3 is 15.3 Å². The Morgan fingerprint density at radius 2 is 2.00 bits per heavy atom. The highest BCUT2D eigenvalue weighted by atomic mass is 19.1. The van der Waals surface area contributed by atoms with Crippen molar-refractivity contribution in [3.63, 3.8) is 0 Å². The first-order chi connectivity index (χ1) is 14.9. The lowest BCUT2D eigenvalue weighted by Gasteiger charge is -2.50. The topological polar surface area (TPSA) is 96.2 Å². The first-order valence-corrected chi connectivity index (χ1v) is 10.9. The maximum absolute atomic E-state index is 14.0. The molecule has 0 bridgehead atoms. The number of halogens is 2. The largest absolute Gasteiger partial charge is 0.392 e. The first kappa shape index (κ1) is 20.4. The van der Waals surface area contributed by atoms with Gasteiger partial charge in [-0.15, -0.1) is 10.2 Å². The van der Waals surface area contributed by atoms with E-state index in [4.69, 9.17) is 0 Å². The van der Waals surface area contributed by atoms with Crippen LogP contribution in [0.4, 0.5) is 8.78 Å². The molecule has 2 atom stereocenters. The van der Waals surface area contributed by atoms with Crippen LogP contribution in [-0.2, 0) is 4.79 Å². The molecule has 2 N–H and O–H groups in total. The third kappa shape index (κ3) is 3.71. The molecule has 0 radical (unpaired) electrons. The van der Waals surface area contributed by atoms with Crippen LogP contribution in [0.15, 0.2) is 18.2 Å². The number of benzene rings is 1. The number of carbonyl (C=O) groups is 1. The molecule has 2 saturated heterocycles. The summed E-state index contributed by atoms with van der Waals surface area (Å²) < 4.78 is 27.1. The highest BCUT2D eigenvalue weighted by Gasteiger charge is 2.48. The number of tetrazole rings is 1. The van der Waals surface area contributed by atoms with Crippen LogP contribution in [0, 0.1) is 17.0 Å². The molecule has 1 spiro atoms. The van der Waals surface area contributed by atoms with Crippen LogP contribution in [0.3, 0.4) is 0 Å². The third-order valence-electron chi connectivity index (χ3n) is 7.22. The van der Waals surface area contributed by atoms with Gasteiger partial charge in [-0.3, -0.25) is 4.79 Å². The van der Waals surface area contributed by atoms with Gasteiger partial charge in [0.25, 0.3) is 0 Å². The van der Waals surface area contributed by atoms with Gasteiger partial charge in [0.15, 0.2) is 0 Å². The summed E-state index contributed by atoms with van der Waals surface area (Å²) in [5.41, 5.74) is 0.0796. The third-order valence-corrected chi connectivity index (χ3v) is 7.22. The average molecular weight is 432 g/mol. The summed E-state index contributed by atoms with van der Waals surface area (Å²) in [5, 5.41) is 26.1. The molecule has 166 valence electrons. The maximum Gasteiger partial charge on any atom is 0.239 e. The van der Waals surface area contributed by atoms with Crippen LogP contribution < -0.4 is 5.32 Å². The number of aromatic nitrogens is 4. The van der Waals surface area contributed by atoms with Crippen LogP contribution >= 0.6 is 0 Å². The van der Waals surface area contributed by atoms with Gasteiger partial charge >= 0.3 is 0 Å². The fourth-order valence-electron chi connectivity index (χ4n) is 5.03. The molecule has 1 aliphatic carbocycles. The smallest absolute Gasteiger partial charge is 0.239 e. The number of nitrogens with zero attached hydrogens (tertiary/aromatic N) is 5. The Labute approximate surface area is 178 Å². The van der Waals surface area contributed by atoms with Crippen LogP contribution in [-0.4, -0.2) is 67.9 Å². The molecule has 1 amide bonds. The molecule has 1 aromatic heterocycles. The summed E-state index contributed by atoms with van der Waals surface area (Å²) in [6.45, 7) is 1.82. The zero-order valence-corrected chi connectivity index (χ0v) is 17.2. The van der Waals surface area contributed by atoms with Crippen molar-refractivity contribution in [1.82, 2.24) is 30.4 Å². The predicted molar refractivity (Wildman–Crippen MR) is 107 cm³/mol. The molecule has 3 aliphatic rings. The molecule has 1 aromatic carbocycles. The van der Waals surface area contributed by atoms with Crippen molar-refractivity contribution in [3.8, 4) is 11.4 Å². The van der Waals surface area contributed by atoms with Gasteiger partial charge in [-0.05, 0) is 49.5 Å². The van der Waals surface area contributed by atoms with E-state index in [1.807, 2.05) is 4.90 Å². The molecule has 3 heterocycles. The van der Waals surface area contributed by atoms with Crippen LogP contribution in [0.2, 0.25) is 0 Å². The van der Waals surface area contributed by atoms with Crippen molar-refractivity contribution in [3.05, 3.63) is 29.8 Å². The molecule has 2 aromatic rings. The summed E-state index contributed by atoms with van der Waals surface area (Å²) in [6, 6.07) is 2.87. The molecule has 5 rings (SSSR count). The minimum Gasteiger partial charge on any atom is -0.392 e. The zero-order chi connectivity index (χ0) is 21.6. The van der Waals surface area contributed by atoms with Crippen molar-refractivity contribution >= 4 is 5.91 Å². The van der Waals surface area contributed by atoms with Gasteiger partial charge in [0.1, 0.15) is 11.6 Å². The van der Waals surface area contributed by atoms with Crippen LogP contribution in [0.5, 0.6) is 0 Å². The van der Waals surface area contributed by atoms with Crippen LogP contribution in [0.25, 0.3) is 11.4 Å². The number of aliphatic hydroxyl groups excluding tert-OH is 1. The summed E-state index contributed by atoms with van der Waals surface area (Å²) in [6.07, 6.45) is 4.58. The summed E-state index contributed by atoms with van der Waals surface area (Å²) in [4.78, 5) is 16.2. The van der Waals surface area contributed by atoms with E-state index in [2.05, 4.69) is 20.7 Å². The molecular weight excluding hydrogens is 406 g/mol. The predicted octanol–water partition coefficient (Wildman–Crippen LogP) is 1.67. The number of aliphatic hydroxyl groups is 1. The number of likely N-dealkylation sites (tertiary alicyclic amines) is 1. The fraction of sp³-hybridized carbons (Fsp3) is 0.619. The van der Waals surface area contributed by atoms with E-state index < -0.39 is 17.7 Å². The van der Waals surface area contributed by atoms with E-state index in [9.17, 15) is 18.7 Å². The van der Waals surface area contributed by atoms with Gasteiger partial charge in [-0.2, -0.15) is 4.80 Å². The SMILES string of the molecule is O=C([C@@H]1C[C@@H](O)C2(CCC2)CN1)N1CCC(n2nnc(-c3ccc(F)cc3F)n2)CC1. The normalized spacial score (nSPS) is 26.1. The second-order valence-electron chi connectivity index (χ2n) is 9.01. The summed E-state index contributed by atoms with van der Waals surface area (Å²) in [7, 11) is 0. The summed E-state index contributed by atoms with van der Waals surface area (Å²) >= 11 is 0. The molecule has 2 aliphatic heterocycles. The molecule has 3 fully saturated rings. The molecular formula is C21H26F2N6O2. The molecule has 8 nitrogen and oxygen atoms in total. The van der Waals surface area contributed by atoms with E-state index in [-0.39, 0.29) is 34.8 Å². The second kappa shape index (κ2) is 7.90. The van der Waals surface area contributed by atoms with Crippen molar-refractivity contribution in [2.24, 2.45) is 5.41 Å². The lowest BCUT2D eigenvalue weighted by Crippen LogP contribution is -2.61. The second-order valence-corrected chi connectivity index (χ2v) is 9.01. The quantitative estimate of drug-likeness (QED) is 0.766. The average Bonchev–Trinajstić information content (AvgIpc) is 3.22. The monoisotopic (exact) mass is 432 g/mol. The van der Waals surface area contributed by atoms with Crippen molar-refractivity contribution < 1.29 is 18.7 Å². The first-order valence-electron chi connectivity index (χ1n) is 10.9. The standard InChI is InChI=1S/C21H26F2N6O2/c22-13-2-3-15(16(23)10-13)19-25-27-29(26-19)14-4-8-28(9-5-14)20(31)17-11-18(30)21(12-24-17)6-1-7-21/h2-3,10,14,17-18,24,30H,1,4-9,11-12H2/t17-,18+/m0/s1. The van der Waals surface area contributed by atoms with E-state index in [0.29, 0.717) is 38.9 Å². The number of hydrogen-bond acceptors (Lipinski definition) is 6. The van der Waals surface area contributed by atoms with E-state index in [1.165, 1.54) is 10.9 Å². The van der Waals surface area contributed by atoms with Gasteiger partial charge in [0, 0.05) is 31.1 Å². The lowest BCUT2D eigenvalue weighted by molar-refractivity contribution is -0.140. The number of rotatable bonds is 3. The Balaban J connectivity index is 1.18. The fourth-order valence-corrected chi connectivity index (χ4v) is 5.03. The number of amides is 1. The maximum atomic E-state index is 14.0. The minimum absolute atomic E-state index is 0.0236. The van der Waals surface area contributed by atoms with E-state index in [0.717, 1.165) is 31.4 Å². The highest BCUT2D eigenvalue weighted by molar-refractivity contribution is 5.82. The molecule has 1 saturated carbocycles. The van der Waals surface area contributed by atoms with E-state index >= 15 is 0 Å². The Hall–Kier alpha value is -2.46. The highest BCUT2D eigenvalue weighted by Crippen LogP contribution is 2.46. The molecule has 0 unspecified atom stereocenters. The number of nitrogens with one attached hydrogen (secondary N) is 1. The van der Waals surface area contributed by atoms with Gasteiger partial charge in [-0.1, -0.05) is 6.42 Å². The van der Waals surface area contributed by atoms with Crippen molar-refractivity contribution in [1.29, 1.82) is 0 Å². The van der Waals surface area contributed by atoms with Crippen LogP contribution in [0.1, 0.15) is 44.6 Å². The number of piperidine rings is 2. The lowest BCUT2D eigenvalue weighted by atomic mass is 9.62.